The lowest BCUT2D eigenvalue weighted by Gasteiger charge is -2.29. The number of nitrogens with zero attached hydrogens (tertiary/aromatic N) is 6. The molecule has 3 aliphatic heterocycles. The lowest BCUT2D eigenvalue weighted by atomic mass is 9.96. The van der Waals surface area contributed by atoms with Crippen molar-refractivity contribution < 1.29 is 14.3 Å². The third-order valence-electron chi connectivity index (χ3n) is 11.6. The molecule has 0 saturated carbocycles. The number of aryl methyl sites for hydroxylation is 2. The fraction of sp³-hybridized carbons (Fsp3) is 0.386. The molecule has 3 aliphatic rings. The summed E-state index contributed by atoms with van der Waals surface area (Å²) >= 11 is 0. The Kier molecular flexibility index (Phi) is 10.8. The summed E-state index contributed by atoms with van der Waals surface area (Å²) in [5.41, 5.74) is 14.3. The van der Waals surface area contributed by atoms with E-state index >= 15 is 0 Å². The number of fused-ring (bicyclic) bond motifs is 3. The molecule has 0 spiro atoms. The molecule has 12 nitrogen and oxygen atoms in total. The average Bonchev–Trinajstić information content (AvgIpc) is 3.98. The van der Waals surface area contributed by atoms with E-state index in [0.29, 0.717) is 49.4 Å². The Morgan fingerprint density at radius 2 is 1.86 bits per heavy atom. The predicted molar refractivity (Wildman–Crippen MR) is 216 cm³/mol. The molecule has 5 heterocycles. The highest BCUT2D eigenvalue weighted by atomic mass is 16.5. The van der Waals surface area contributed by atoms with E-state index in [2.05, 4.69) is 64.8 Å². The van der Waals surface area contributed by atoms with Gasteiger partial charge < -0.3 is 26.0 Å². The number of carbonyl (C=O) groups excluding carboxylic acids is 2. The first-order valence-electron chi connectivity index (χ1n) is 19.8. The van der Waals surface area contributed by atoms with Gasteiger partial charge in [0.05, 0.1) is 35.4 Å². The predicted octanol–water partition coefficient (Wildman–Crippen LogP) is 5.63. The van der Waals surface area contributed by atoms with E-state index in [0.717, 1.165) is 77.1 Å². The van der Waals surface area contributed by atoms with Gasteiger partial charge in [0.25, 0.3) is 5.91 Å². The summed E-state index contributed by atoms with van der Waals surface area (Å²) in [5.74, 6) is -0.850. The third-order valence-corrected chi connectivity index (χ3v) is 11.6. The maximum atomic E-state index is 14.7. The average molecular weight is 752 g/mol. The zero-order valence-corrected chi connectivity index (χ0v) is 32.1. The van der Waals surface area contributed by atoms with Gasteiger partial charge in [-0.25, -0.2) is 9.67 Å². The second-order valence-electron chi connectivity index (χ2n) is 15.2. The van der Waals surface area contributed by atoms with E-state index in [1.165, 1.54) is 12.0 Å². The summed E-state index contributed by atoms with van der Waals surface area (Å²) in [6, 6.07) is 24.6. The SMILES string of the molecule is CCc1nc2c(cnn2CC)c(NC2CCOCC2)c1CN(Cc1ccc(C#N)c(-c2cccc(CN3C[C@@H]4C[C@H]3CN4)c2)c1)C(=O)c1cccc(C(N)=O)c1. The van der Waals surface area contributed by atoms with Crippen molar-refractivity contribution in [3.8, 4) is 17.2 Å². The normalized spacial score (nSPS) is 18.3. The van der Waals surface area contributed by atoms with Crippen LogP contribution in [0.1, 0.15) is 81.8 Å². The molecule has 8 rings (SSSR count). The van der Waals surface area contributed by atoms with Gasteiger partial charge in [0.15, 0.2) is 5.65 Å². The van der Waals surface area contributed by atoms with Crippen molar-refractivity contribution in [1.82, 2.24) is 29.9 Å². The van der Waals surface area contributed by atoms with Gasteiger partial charge in [-0.15, -0.1) is 0 Å². The van der Waals surface area contributed by atoms with Crippen LogP contribution in [-0.2, 0) is 37.3 Å². The van der Waals surface area contributed by atoms with Crippen molar-refractivity contribution in [2.24, 2.45) is 5.73 Å². The summed E-state index contributed by atoms with van der Waals surface area (Å²) in [6.45, 7) is 9.60. The number of rotatable bonds is 13. The molecule has 3 fully saturated rings. The zero-order valence-electron chi connectivity index (χ0n) is 32.1. The Morgan fingerprint density at radius 3 is 2.59 bits per heavy atom. The molecule has 2 aromatic heterocycles. The largest absolute Gasteiger partial charge is 0.381 e. The molecule has 3 saturated heterocycles. The van der Waals surface area contributed by atoms with Crippen LogP contribution < -0.4 is 16.4 Å². The number of hydrogen-bond donors (Lipinski definition) is 3. The summed E-state index contributed by atoms with van der Waals surface area (Å²) in [4.78, 5) is 36.4. The number of ether oxygens (including phenoxy) is 1. The van der Waals surface area contributed by atoms with Crippen LogP contribution in [-0.4, -0.2) is 80.8 Å². The fourth-order valence-corrected chi connectivity index (χ4v) is 8.62. The number of nitrogens with two attached hydrogens (primary N) is 1. The topological polar surface area (TPSA) is 154 Å². The van der Waals surface area contributed by atoms with E-state index in [-0.39, 0.29) is 30.6 Å². The minimum absolute atomic E-state index is 0.188. The number of carbonyl (C=O) groups is 2. The lowest BCUT2D eigenvalue weighted by Crippen LogP contribution is -2.42. The van der Waals surface area contributed by atoms with Crippen LogP contribution in [0.3, 0.4) is 0 Å². The molecule has 3 aromatic carbocycles. The monoisotopic (exact) mass is 751 g/mol. The van der Waals surface area contributed by atoms with Crippen LogP contribution in [0.4, 0.5) is 5.69 Å². The number of nitriles is 1. The van der Waals surface area contributed by atoms with E-state index in [4.69, 9.17) is 15.5 Å². The van der Waals surface area contributed by atoms with Crippen molar-refractivity contribution in [2.75, 3.05) is 31.6 Å². The third kappa shape index (κ3) is 7.62. The number of aromatic nitrogens is 3. The van der Waals surface area contributed by atoms with Crippen molar-refractivity contribution in [1.29, 1.82) is 5.26 Å². The number of primary amides is 1. The first kappa shape index (κ1) is 37.3. The fourth-order valence-electron chi connectivity index (χ4n) is 8.62. The van der Waals surface area contributed by atoms with Gasteiger partial charge in [0, 0.05) is 86.4 Å². The second kappa shape index (κ2) is 16.2. The van der Waals surface area contributed by atoms with Crippen LogP contribution in [0.15, 0.2) is 72.9 Å². The van der Waals surface area contributed by atoms with Crippen LogP contribution in [0.25, 0.3) is 22.2 Å². The maximum absolute atomic E-state index is 14.7. The van der Waals surface area contributed by atoms with Crippen LogP contribution in [0.2, 0.25) is 0 Å². The van der Waals surface area contributed by atoms with E-state index < -0.39 is 5.91 Å². The number of piperazine rings is 1. The molecule has 0 unspecified atom stereocenters. The molecule has 12 heteroatoms. The van der Waals surface area contributed by atoms with Crippen LogP contribution in [0.5, 0.6) is 0 Å². The molecule has 2 bridgehead atoms. The van der Waals surface area contributed by atoms with Gasteiger partial charge >= 0.3 is 0 Å². The Hall–Kier alpha value is -5.61. The van der Waals surface area contributed by atoms with Crippen molar-refractivity contribution in [3.05, 3.63) is 112 Å². The van der Waals surface area contributed by atoms with E-state index in [1.54, 1.807) is 29.2 Å². The molecule has 56 heavy (non-hydrogen) atoms. The van der Waals surface area contributed by atoms with Gasteiger partial charge in [-0.1, -0.05) is 37.3 Å². The number of pyridine rings is 1. The molecule has 4 N–H and O–H groups in total. The Labute approximate surface area is 327 Å². The highest BCUT2D eigenvalue weighted by Gasteiger charge is 2.37. The standard InChI is InChI=1S/C44H49N9O3/c1-3-40-39(41(49-34-13-15-56-16-14-34)38-23-48-53(4-2)43(38)50-40)27-52(44(55)32-10-6-9-31(19-32)42(46)54)25-29-11-12-33(21-45)37(18-29)30-8-5-7-28(17-30)24-51-26-35-20-36(51)22-47-35/h5-12,17-19,23,34-36,47H,3-4,13-16,20,22,24-27H2,1-2H3,(H2,46,54)(H,49,50)/t35-,36-/m0/s1. The molecule has 288 valence electrons. The molecule has 2 amide bonds. The molecule has 5 aromatic rings. The van der Waals surface area contributed by atoms with Gasteiger partial charge in [-0.3, -0.25) is 14.5 Å². The number of likely N-dealkylation sites (tertiary alicyclic amines) is 1. The van der Waals surface area contributed by atoms with E-state index in [9.17, 15) is 14.9 Å². The van der Waals surface area contributed by atoms with Gasteiger partial charge in [-0.2, -0.15) is 10.4 Å². The summed E-state index contributed by atoms with van der Waals surface area (Å²) in [5, 5.41) is 23.3. The molecule has 0 radical (unpaired) electrons. The molecular weight excluding hydrogens is 703 g/mol. The highest BCUT2D eigenvalue weighted by molar-refractivity contribution is 5.99. The molecular formula is C44H49N9O3. The number of amides is 2. The zero-order chi connectivity index (χ0) is 38.8. The second-order valence-corrected chi connectivity index (χ2v) is 15.2. The summed E-state index contributed by atoms with van der Waals surface area (Å²) in [7, 11) is 0. The van der Waals surface area contributed by atoms with E-state index in [1.807, 2.05) is 29.1 Å². The number of benzene rings is 3. The Bertz CT molecular complexity index is 2310. The quantitative estimate of drug-likeness (QED) is 0.139. The highest BCUT2D eigenvalue weighted by Crippen LogP contribution is 2.34. The first-order valence-corrected chi connectivity index (χ1v) is 19.8. The molecule has 2 atom stereocenters. The molecule has 0 aliphatic carbocycles. The van der Waals surface area contributed by atoms with Crippen molar-refractivity contribution >= 4 is 28.5 Å². The minimum atomic E-state index is -0.599. The summed E-state index contributed by atoms with van der Waals surface area (Å²) < 4.78 is 7.59. The van der Waals surface area contributed by atoms with Gasteiger partial charge in [-0.05, 0) is 91.3 Å². The maximum Gasteiger partial charge on any atom is 0.254 e. The number of nitrogens with one attached hydrogen (secondary N) is 2. The van der Waals surface area contributed by atoms with Gasteiger partial charge in [0.1, 0.15) is 0 Å². The first-order chi connectivity index (χ1) is 27.3. The summed E-state index contributed by atoms with van der Waals surface area (Å²) in [6.07, 6.45) is 5.43. The minimum Gasteiger partial charge on any atom is -0.381 e. The van der Waals surface area contributed by atoms with Crippen LogP contribution >= 0.6 is 0 Å². The van der Waals surface area contributed by atoms with Crippen molar-refractivity contribution in [3.63, 3.8) is 0 Å². The smallest absolute Gasteiger partial charge is 0.254 e. The number of hydrogen-bond acceptors (Lipinski definition) is 9. The van der Waals surface area contributed by atoms with Crippen molar-refractivity contribution in [2.45, 2.75) is 83.8 Å². The van der Waals surface area contributed by atoms with Crippen LogP contribution in [0, 0.1) is 11.3 Å². The Morgan fingerprint density at radius 1 is 1.04 bits per heavy atom. The Balaban J connectivity index is 1.18. The number of anilines is 1. The van der Waals surface area contributed by atoms with Gasteiger partial charge in [0.2, 0.25) is 5.91 Å². The lowest BCUT2D eigenvalue weighted by molar-refractivity contribution is 0.0730.